The van der Waals surface area contributed by atoms with E-state index in [1.165, 1.54) is 6.07 Å². The summed E-state index contributed by atoms with van der Waals surface area (Å²) in [7, 11) is 0. The van der Waals surface area contributed by atoms with E-state index in [0.717, 1.165) is 17.0 Å². The number of carboxylic acids is 1. The molecule has 0 aromatic heterocycles. The lowest BCUT2D eigenvalue weighted by Gasteiger charge is -2.54. The predicted molar refractivity (Wildman–Crippen MR) is 130 cm³/mol. The highest BCUT2D eigenvalue weighted by Gasteiger charge is 2.60. The fourth-order valence-electron chi connectivity index (χ4n) is 6.02. The van der Waals surface area contributed by atoms with Crippen molar-refractivity contribution in [1.82, 2.24) is 9.80 Å². The van der Waals surface area contributed by atoms with E-state index >= 15 is 0 Å². The zero-order valence-corrected chi connectivity index (χ0v) is 22.5. The van der Waals surface area contributed by atoms with Gasteiger partial charge >= 0.3 is 30.6 Å². The van der Waals surface area contributed by atoms with Crippen LogP contribution in [0, 0.1) is 10.8 Å². The summed E-state index contributed by atoms with van der Waals surface area (Å²) in [4.78, 5) is 28.3. The zero-order chi connectivity index (χ0) is 31.3. The molecule has 42 heavy (non-hydrogen) atoms. The molecule has 1 atom stereocenters. The molecule has 1 amide bonds. The molecule has 3 saturated heterocycles. The molecule has 7 nitrogen and oxygen atoms in total. The van der Waals surface area contributed by atoms with Crippen LogP contribution in [0.2, 0.25) is 0 Å². The van der Waals surface area contributed by atoms with E-state index in [-0.39, 0.29) is 31.6 Å². The summed E-state index contributed by atoms with van der Waals surface area (Å²) in [6.45, 7) is 2.92. The van der Waals surface area contributed by atoms with E-state index in [9.17, 15) is 54.2 Å². The summed E-state index contributed by atoms with van der Waals surface area (Å²) in [5, 5.41) is 9.67. The monoisotopic (exact) mass is 619 g/mol. The number of ether oxygens (including phenoxy) is 1. The quantitative estimate of drug-likeness (QED) is 0.413. The summed E-state index contributed by atoms with van der Waals surface area (Å²) in [6.07, 6.45) is -20.7. The van der Waals surface area contributed by atoms with Crippen molar-refractivity contribution in [2.45, 2.75) is 63.8 Å². The third kappa shape index (κ3) is 6.83. The molecule has 1 aromatic rings. The van der Waals surface area contributed by atoms with Crippen LogP contribution in [-0.4, -0.2) is 84.7 Å². The van der Waals surface area contributed by atoms with Crippen LogP contribution in [0.4, 0.5) is 50.0 Å². The van der Waals surface area contributed by atoms with Crippen molar-refractivity contribution in [2.75, 3.05) is 44.2 Å². The fourth-order valence-corrected chi connectivity index (χ4v) is 6.02. The highest BCUT2D eigenvalue weighted by atomic mass is 19.4. The van der Waals surface area contributed by atoms with Gasteiger partial charge in [0.25, 0.3) is 6.10 Å². The minimum absolute atomic E-state index is 0.0377. The average Bonchev–Trinajstić information content (AvgIpc) is 2.84. The van der Waals surface area contributed by atoms with Gasteiger partial charge in [-0.1, -0.05) is 6.07 Å². The number of piperidine rings is 2. The number of benzene rings is 1. The van der Waals surface area contributed by atoms with E-state index < -0.39 is 47.7 Å². The van der Waals surface area contributed by atoms with Crippen molar-refractivity contribution in [3.63, 3.8) is 0 Å². The molecular formula is C26H30F9N3O4. The molecule has 3 fully saturated rings. The number of halogens is 9. The number of aliphatic carboxylic acids is 1. The van der Waals surface area contributed by atoms with Gasteiger partial charge in [-0.3, -0.25) is 9.69 Å². The van der Waals surface area contributed by atoms with E-state index in [4.69, 9.17) is 0 Å². The van der Waals surface area contributed by atoms with Gasteiger partial charge < -0.3 is 19.6 Å². The third-order valence-corrected chi connectivity index (χ3v) is 8.37. The van der Waals surface area contributed by atoms with Crippen molar-refractivity contribution < 1.29 is 58.9 Å². The fraction of sp³-hybridized carbons (Fsp3) is 0.692. The first-order chi connectivity index (χ1) is 19.2. The van der Waals surface area contributed by atoms with Crippen molar-refractivity contribution in [3.8, 4) is 0 Å². The van der Waals surface area contributed by atoms with Crippen molar-refractivity contribution in [2.24, 2.45) is 10.8 Å². The zero-order valence-electron chi connectivity index (χ0n) is 22.5. The van der Waals surface area contributed by atoms with Gasteiger partial charge in [-0.25, -0.2) is 4.79 Å². The normalized spacial score (nSPS) is 23.7. The lowest BCUT2D eigenvalue weighted by atomic mass is 9.72. The number of hydrogen-bond acceptors (Lipinski definition) is 5. The van der Waals surface area contributed by atoms with Gasteiger partial charge in [-0.05, 0) is 55.7 Å². The topological polar surface area (TPSA) is 73.3 Å². The Bertz CT molecular complexity index is 1160. The lowest BCUT2D eigenvalue weighted by Crippen LogP contribution is -2.60. The van der Waals surface area contributed by atoms with E-state index in [1.807, 2.05) is 4.90 Å². The number of carbonyl (C=O) groups excluding carboxylic acids is 1. The molecule has 3 heterocycles. The van der Waals surface area contributed by atoms with Gasteiger partial charge in [0, 0.05) is 51.5 Å². The predicted octanol–water partition coefficient (Wildman–Crippen LogP) is 5.92. The van der Waals surface area contributed by atoms with Gasteiger partial charge in [-0.15, -0.1) is 0 Å². The van der Waals surface area contributed by atoms with Gasteiger partial charge in [0.1, 0.15) is 0 Å². The minimum Gasteiger partial charge on any atom is -0.481 e. The molecule has 0 saturated carbocycles. The Morgan fingerprint density at radius 3 is 2.05 bits per heavy atom. The second kappa shape index (κ2) is 11.0. The van der Waals surface area contributed by atoms with E-state index in [0.29, 0.717) is 56.6 Å². The van der Waals surface area contributed by atoms with Crippen molar-refractivity contribution in [1.29, 1.82) is 0 Å². The Morgan fingerprint density at radius 2 is 1.52 bits per heavy atom. The van der Waals surface area contributed by atoms with Crippen LogP contribution < -0.4 is 4.90 Å². The second-order valence-corrected chi connectivity index (χ2v) is 11.7. The second-order valence-electron chi connectivity index (χ2n) is 11.7. The summed E-state index contributed by atoms with van der Waals surface area (Å²) >= 11 is 0. The molecule has 1 N–H and O–H groups in total. The molecule has 0 aliphatic carbocycles. The van der Waals surface area contributed by atoms with Crippen LogP contribution in [0.5, 0.6) is 0 Å². The summed E-state index contributed by atoms with van der Waals surface area (Å²) in [6, 6.07) is 3.36. The Morgan fingerprint density at radius 1 is 0.929 bits per heavy atom. The number of likely N-dealkylation sites (tertiary alicyclic amines) is 2. The number of hydrogen-bond donors (Lipinski definition) is 1. The Kier molecular flexibility index (Phi) is 8.37. The molecular weight excluding hydrogens is 589 g/mol. The number of carbonyl (C=O) groups is 2. The molecule has 1 unspecified atom stereocenters. The molecule has 1 spiro atoms. The van der Waals surface area contributed by atoms with E-state index in [1.54, 1.807) is 11.8 Å². The first-order valence-electron chi connectivity index (χ1n) is 13.2. The third-order valence-electron chi connectivity index (χ3n) is 8.37. The van der Waals surface area contributed by atoms with Gasteiger partial charge in [0.2, 0.25) is 0 Å². The van der Waals surface area contributed by atoms with Crippen LogP contribution in [0.15, 0.2) is 18.2 Å². The molecule has 1 aromatic carbocycles. The van der Waals surface area contributed by atoms with Crippen molar-refractivity contribution >= 4 is 17.7 Å². The number of carboxylic acid groups (broad SMARTS) is 1. The van der Waals surface area contributed by atoms with Gasteiger partial charge in [0.15, 0.2) is 0 Å². The van der Waals surface area contributed by atoms with Gasteiger partial charge in [0.05, 0.1) is 11.0 Å². The van der Waals surface area contributed by atoms with Gasteiger partial charge in [-0.2, -0.15) is 39.5 Å². The first kappa shape index (κ1) is 32.0. The van der Waals surface area contributed by atoms with Crippen molar-refractivity contribution in [3.05, 3.63) is 29.3 Å². The molecule has 0 radical (unpaired) electrons. The average molecular weight is 620 g/mol. The highest BCUT2D eigenvalue weighted by molar-refractivity contribution is 5.76. The highest BCUT2D eigenvalue weighted by Crippen LogP contribution is 2.44. The molecule has 16 heteroatoms. The van der Waals surface area contributed by atoms with E-state index in [2.05, 4.69) is 4.74 Å². The van der Waals surface area contributed by atoms with Crippen LogP contribution in [0.3, 0.4) is 0 Å². The molecule has 4 rings (SSSR count). The first-order valence-corrected chi connectivity index (χ1v) is 13.2. The molecule has 3 aliphatic rings. The number of rotatable bonds is 5. The smallest absolute Gasteiger partial charge is 0.434 e. The standard InChI is InChI=1S/C26H30F9N3O4/c1-22(20(39)40)5-2-8-38(13-22)18-11-17(24(27,28)29)4-3-16(18)12-36-14-23(15-36)6-9-37(10-7-23)21(41)42-19(25(30,31)32)26(33,34)35/h3-4,11,19H,2,5-10,12-15H2,1H3,(H,39,40). The number of amides is 1. The van der Waals surface area contributed by atoms with Crippen LogP contribution in [0.25, 0.3) is 0 Å². The largest absolute Gasteiger partial charge is 0.481 e. The van der Waals surface area contributed by atoms with Crippen LogP contribution in [0.1, 0.15) is 43.7 Å². The Hall–Kier alpha value is -2.91. The SMILES string of the molecule is CC1(C(=O)O)CCCN(c2cc(C(F)(F)F)ccc2CN2CC3(CCN(C(=O)OC(C(F)(F)F)C(F)(F)F)CC3)C2)C1. The summed E-state index contributed by atoms with van der Waals surface area (Å²) in [5.74, 6) is -1.03. The number of nitrogens with zero attached hydrogens (tertiary/aromatic N) is 3. The number of alkyl halides is 9. The molecule has 0 bridgehead atoms. The molecule has 3 aliphatic heterocycles. The number of anilines is 1. The maximum Gasteiger partial charge on any atom is 0.434 e. The Labute approximate surface area is 235 Å². The summed E-state index contributed by atoms with van der Waals surface area (Å²) < 4.78 is 121. The lowest BCUT2D eigenvalue weighted by molar-refractivity contribution is -0.308. The molecule has 236 valence electrons. The van der Waals surface area contributed by atoms with Crippen LogP contribution >= 0.6 is 0 Å². The Balaban J connectivity index is 1.40. The summed E-state index contributed by atoms with van der Waals surface area (Å²) in [5.41, 5.74) is -1.48. The minimum atomic E-state index is -5.81. The maximum absolute atomic E-state index is 13.5. The van der Waals surface area contributed by atoms with Crippen LogP contribution in [-0.2, 0) is 22.3 Å². The maximum atomic E-state index is 13.5.